The quantitative estimate of drug-likeness (QED) is 0.763. The predicted molar refractivity (Wildman–Crippen MR) is 99.4 cm³/mol. The first-order valence-corrected chi connectivity index (χ1v) is 9.31. The van der Waals surface area contributed by atoms with Gasteiger partial charge in [0.2, 0.25) is 0 Å². The van der Waals surface area contributed by atoms with E-state index in [1.807, 2.05) is 0 Å². The highest BCUT2D eigenvalue weighted by Crippen LogP contribution is 2.30. The minimum absolute atomic E-state index is 0.0695. The molecule has 2 aliphatic rings. The Balaban J connectivity index is 1.52. The molecule has 2 aromatic rings. The average Bonchev–Trinajstić information content (AvgIpc) is 2.84. The third-order valence-corrected chi connectivity index (χ3v) is 5.43. The Morgan fingerprint density at radius 1 is 0.958 bits per heavy atom. The number of fused-ring (bicyclic) bond motifs is 3. The van der Waals surface area contributed by atoms with Gasteiger partial charge in [0.1, 0.15) is 0 Å². The number of hydrogen-bond donors (Lipinski definition) is 0. The number of hydrogen-bond acceptors (Lipinski definition) is 3. The highest BCUT2D eigenvalue weighted by Gasteiger charge is 2.22. The van der Waals surface area contributed by atoms with Gasteiger partial charge in [0, 0.05) is 18.7 Å². The van der Waals surface area contributed by atoms with E-state index in [1.54, 1.807) is 0 Å². The van der Waals surface area contributed by atoms with Crippen molar-refractivity contribution in [3.05, 3.63) is 47.5 Å². The second-order valence-corrected chi connectivity index (χ2v) is 7.01. The zero-order chi connectivity index (χ0) is 16.4. The van der Waals surface area contributed by atoms with Crippen LogP contribution in [0.3, 0.4) is 0 Å². The average molecular weight is 322 g/mol. The zero-order valence-corrected chi connectivity index (χ0v) is 14.5. The summed E-state index contributed by atoms with van der Waals surface area (Å²) in [6.07, 6.45) is 7.36. The molecule has 1 saturated heterocycles. The molecule has 1 aliphatic heterocycles. The maximum Gasteiger partial charge on any atom is 0.178 e. The van der Waals surface area contributed by atoms with Gasteiger partial charge in [-0.05, 0) is 48.9 Å². The molecule has 0 aromatic heterocycles. The van der Waals surface area contributed by atoms with Crippen LogP contribution in [0.2, 0.25) is 0 Å². The van der Waals surface area contributed by atoms with Gasteiger partial charge >= 0.3 is 0 Å². The molecule has 2 aromatic carbocycles. The molecule has 1 fully saturated rings. The van der Waals surface area contributed by atoms with Gasteiger partial charge < -0.3 is 4.84 Å². The second-order valence-electron chi connectivity index (χ2n) is 7.01. The SMILES string of the molecule is CC(O/N=C1\CCc2c1ccc1ccccc21)N1CCCCCC1. The third-order valence-electron chi connectivity index (χ3n) is 5.43. The molecule has 24 heavy (non-hydrogen) atoms. The van der Waals surface area contributed by atoms with Gasteiger partial charge in [-0.1, -0.05) is 54.4 Å². The highest BCUT2D eigenvalue weighted by molar-refractivity contribution is 6.08. The highest BCUT2D eigenvalue weighted by atomic mass is 16.6. The maximum absolute atomic E-state index is 5.90. The molecule has 126 valence electrons. The molecule has 0 spiro atoms. The molecular weight excluding hydrogens is 296 g/mol. The summed E-state index contributed by atoms with van der Waals surface area (Å²) in [5.41, 5.74) is 3.81. The van der Waals surface area contributed by atoms with E-state index in [9.17, 15) is 0 Å². The lowest BCUT2D eigenvalue weighted by Gasteiger charge is -2.25. The van der Waals surface area contributed by atoms with Crippen LogP contribution in [0.5, 0.6) is 0 Å². The van der Waals surface area contributed by atoms with E-state index in [4.69, 9.17) is 4.84 Å². The van der Waals surface area contributed by atoms with Crippen molar-refractivity contribution < 1.29 is 4.84 Å². The van der Waals surface area contributed by atoms with Crippen LogP contribution in [-0.4, -0.2) is 29.9 Å². The summed E-state index contributed by atoms with van der Waals surface area (Å²) in [6.45, 7) is 4.39. The number of benzene rings is 2. The lowest BCUT2D eigenvalue weighted by atomic mass is 10.0. The van der Waals surface area contributed by atoms with Gasteiger partial charge in [-0.3, -0.25) is 4.90 Å². The van der Waals surface area contributed by atoms with E-state index in [1.165, 1.54) is 47.6 Å². The van der Waals surface area contributed by atoms with Gasteiger partial charge in [-0.2, -0.15) is 0 Å². The normalized spacial score (nSPS) is 21.6. The van der Waals surface area contributed by atoms with Crippen molar-refractivity contribution in [3.8, 4) is 0 Å². The van der Waals surface area contributed by atoms with Gasteiger partial charge in [0.25, 0.3) is 0 Å². The van der Waals surface area contributed by atoms with Crippen LogP contribution in [0.15, 0.2) is 41.6 Å². The number of nitrogens with zero attached hydrogens (tertiary/aromatic N) is 2. The summed E-state index contributed by atoms with van der Waals surface area (Å²) in [5, 5.41) is 7.23. The van der Waals surface area contributed by atoms with E-state index >= 15 is 0 Å². The van der Waals surface area contributed by atoms with E-state index < -0.39 is 0 Å². The number of likely N-dealkylation sites (tertiary alicyclic amines) is 1. The van der Waals surface area contributed by atoms with Crippen LogP contribution >= 0.6 is 0 Å². The van der Waals surface area contributed by atoms with Gasteiger partial charge in [-0.15, -0.1) is 0 Å². The van der Waals surface area contributed by atoms with Crippen molar-refractivity contribution in [2.75, 3.05) is 13.1 Å². The van der Waals surface area contributed by atoms with Gasteiger partial charge in [0.15, 0.2) is 6.23 Å². The Bertz CT molecular complexity index is 745. The topological polar surface area (TPSA) is 24.8 Å². The number of aryl methyl sites for hydroxylation is 1. The fourth-order valence-electron chi connectivity index (χ4n) is 4.01. The summed E-state index contributed by atoms with van der Waals surface area (Å²) in [7, 11) is 0. The second kappa shape index (κ2) is 6.94. The molecule has 3 heteroatoms. The third kappa shape index (κ3) is 3.05. The van der Waals surface area contributed by atoms with Crippen molar-refractivity contribution in [1.82, 2.24) is 4.90 Å². The molecule has 1 heterocycles. The predicted octanol–water partition coefficient (Wildman–Crippen LogP) is 4.73. The molecule has 0 radical (unpaired) electrons. The summed E-state index contributed by atoms with van der Waals surface area (Å²) < 4.78 is 0. The van der Waals surface area contributed by atoms with Crippen LogP contribution in [-0.2, 0) is 11.3 Å². The van der Waals surface area contributed by atoms with Crippen LogP contribution in [0.25, 0.3) is 10.8 Å². The minimum atomic E-state index is 0.0695. The van der Waals surface area contributed by atoms with E-state index in [2.05, 4.69) is 53.4 Å². The number of rotatable bonds is 3. The van der Waals surface area contributed by atoms with Gasteiger partial charge in [-0.25, -0.2) is 0 Å². The molecular formula is C21H26N2O. The largest absolute Gasteiger partial charge is 0.376 e. The summed E-state index contributed by atoms with van der Waals surface area (Å²) in [5.74, 6) is 0. The summed E-state index contributed by atoms with van der Waals surface area (Å²) in [4.78, 5) is 8.33. The molecule has 1 aliphatic carbocycles. The smallest absolute Gasteiger partial charge is 0.178 e. The molecule has 0 amide bonds. The minimum Gasteiger partial charge on any atom is -0.376 e. The first-order chi connectivity index (χ1) is 11.8. The Morgan fingerprint density at radius 3 is 2.58 bits per heavy atom. The van der Waals surface area contributed by atoms with Crippen molar-refractivity contribution in [3.63, 3.8) is 0 Å². The van der Waals surface area contributed by atoms with Crippen molar-refractivity contribution in [1.29, 1.82) is 0 Å². The Morgan fingerprint density at radius 2 is 1.75 bits per heavy atom. The molecule has 3 nitrogen and oxygen atoms in total. The van der Waals surface area contributed by atoms with Crippen molar-refractivity contribution in [2.45, 2.75) is 51.7 Å². The first-order valence-electron chi connectivity index (χ1n) is 9.31. The van der Waals surface area contributed by atoms with Gasteiger partial charge in [0.05, 0.1) is 5.71 Å². The Hall–Kier alpha value is -1.87. The Kier molecular flexibility index (Phi) is 4.52. The fourth-order valence-corrected chi connectivity index (χ4v) is 4.01. The lowest BCUT2D eigenvalue weighted by molar-refractivity contribution is -0.0439. The molecule has 1 unspecified atom stereocenters. The van der Waals surface area contributed by atoms with E-state index in [0.29, 0.717) is 0 Å². The first kappa shape index (κ1) is 15.6. The standard InChI is InChI=1S/C21H26N2O/c1-16(23-14-6-2-3-7-15-23)24-22-21-13-12-19-18-9-5-4-8-17(18)10-11-20(19)21/h4-5,8-11,16H,2-3,6-7,12-15H2,1H3/b22-21+. The Labute approximate surface area is 144 Å². The van der Waals surface area contributed by atoms with Crippen molar-refractivity contribution in [2.24, 2.45) is 5.16 Å². The molecule has 0 bridgehead atoms. The molecule has 1 atom stereocenters. The van der Waals surface area contributed by atoms with Crippen molar-refractivity contribution >= 4 is 16.5 Å². The van der Waals surface area contributed by atoms with Crippen LogP contribution in [0.1, 0.15) is 50.2 Å². The maximum atomic E-state index is 5.90. The molecule has 0 N–H and O–H groups in total. The number of oxime groups is 1. The summed E-state index contributed by atoms with van der Waals surface area (Å²) in [6, 6.07) is 13.0. The summed E-state index contributed by atoms with van der Waals surface area (Å²) >= 11 is 0. The monoisotopic (exact) mass is 322 g/mol. The van der Waals surface area contributed by atoms with E-state index in [-0.39, 0.29) is 6.23 Å². The van der Waals surface area contributed by atoms with Crippen LogP contribution < -0.4 is 0 Å². The fraction of sp³-hybridized carbons (Fsp3) is 0.476. The molecule has 0 saturated carbocycles. The van der Waals surface area contributed by atoms with E-state index in [0.717, 1.165) is 31.6 Å². The van der Waals surface area contributed by atoms with Crippen LogP contribution in [0, 0.1) is 0 Å². The zero-order valence-electron chi connectivity index (χ0n) is 14.5. The van der Waals surface area contributed by atoms with Crippen LogP contribution in [0.4, 0.5) is 0 Å². The lowest BCUT2D eigenvalue weighted by Crippen LogP contribution is -2.35. The molecule has 4 rings (SSSR count).